The summed E-state index contributed by atoms with van der Waals surface area (Å²) < 4.78 is 11.7. The summed E-state index contributed by atoms with van der Waals surface area (Å²) in [6.07, 6.45) is 4.16. The second-order valence-electron chi connectivity index (χ2n) is 7.32. The quantitative estimate of drug-likeness (QED) is 0.759. The van der Waals surface area contributed by atoms with Crippen molar-refractivity contribution >= 4 is 5.91 Å². The number of hydrogen-bond acceptors (Lipinski definition) is 6. The first-order chi connectivity index (χ1) is 13.1. The van der Waals surface area contributed by atoms with Gasteiger partial charge in [0.2, 0.25) is 0 Å². The van der Waals surface area contributed by atoms with Gasteiger partial charge >= 0.3 is 5.76 Å². The monoisotopic (exact) mass is 375 g/mol. The molecule has 4 rings (SSSR count). The van der Waals surface area contributed by atoms with Gasteiger partial charge in [-0.05, 0) is 24.8 Å². The van der Waals surface area contributed by atoms with Crippen molar-refractivity contribution in [2.45, 2.75) is 12.8 Å². The Kier molecular flexibility index (Phi) is 5.13. The fourth-order valence-electron chi connectivity index (χ4n) is 3.40. The number of carbonyl (C=O) groups is 1. The summed E-state index contributed by atoms with van der Waals surface area (Å²) >= 11 is 0. The van der Waals surface area contributed by atoms with Crippen molar-refractivity contribution in [3.8, 4) is 11.4 Å². The van der Waals surface area contributed by atoms with Gasteiger partial charge in [-0.15, -0.1) is 0 Å². The molecule has 2 aromatic heterocycles. The zero-order chi connectivity index (χ0) is 18.8. The lowest BCUT2D eigenvalue weighted by molar-refractivity contribution is 0.0321. The molecule has 9 nitrogen and oxygen atoms in total. The van der Waals surface area contributed by atoms with Crippen molar-refractivity contribution in [3.63, 3.8) is 0 Å². The standard InChI is InChI=1S/C18H25N5O4/c1-21-12-14(16-19-18(25)27-20-16)10-15(21)17(24)23(11-13-2-3-13)5-4-22-6-8-26-9-7-22/h10,12-13H,2-9,11H2,1H3,(H,19,20,25). The lowest BCUT2D eigenvalue weighted by Gasteiger charge is -2.30. The minimum absolute atomic E-state index is 0.00903. The number of aromatic nitrogens is 3. The molecule has 9 heteroatoms. The first kappa shape index (κ1) is 18.0. The zero-order valence-electron chi connectivity index (χ0n) is 15.5. The Hall–Kier alpha value is -2.39. The number of carbonyl (C=O) groups excluding carboxylic acids is 1. The second kappa shape index (κ2) is 7.69. The molecular formula is C18H25N5O4. The zero-order valence-corrected chi connectivity index (χ0v) is 15.5. The van der Waals surface area contributed by atoms with Crippen molar-refractivity contribution in [3.05, 3.63) is 28.5 Å². The van der Waals surface area contributed by atoms with Gasteiger partial charge in [-0.3, -0.25) is 19.2 Å². The van der Waals surface area contributed by atoms with Crippen LogP contribution in [-0.4, -0.2) is 76.4 Å². The molecule has 1 saturated carbocycles. The maximum atomic E-state index is 13.2. The Morgan fingerprint density at radius 1 is 1.37 bits per heavy atom. The van der Waals surface area contributed by atoms with Crippen molar-refractivity contribution < 1.29 is 14.1 Å². The maximum Gasteiger partial charge on any atom is 0.439 e. The van der Waals surface area contributed by atoms with E-state index in [0.717, 1.165) is 39.4 Å². The first-order valence-corrected chi connectivity index (χ1v) is 9.42. The van der Waals surface area contributed by atoms with Crippen LogP contribution in [0.5, 0.6) is 0 Å². The molecule has 1 amide bonds. The number of H-pyrrole nitrogens is 1. The summed E-state index contributed by atoms with van der Waals surface area (Å²) in [5.74, 6) is 0.347. The van der Waals surface area contributed by atoms with Gasteiger partial charge in [0, 0.05) is 51.5 Å². The van der Waals surface area contributed by atoms with Crippen molar-refractivity contribution in [2.75, 3.05) is 45.9 Å². The molecule has 2 fully saturated rings. The number of aryl methyl sites for hydroxylation is 1. The Balaban J connectivity index is 1.48. The van der Waals surface area contributed by atoms with Crippen LogP contribution in [0.2, 0.25) is 0 Å². The molecule has 27 heavy (non-hydrogen) atoms. The molecule has 0 atom stereocenters. The Morgan fingerprint density at radius 2 is 2.15 bits per heavy atom. The highest BCUT2D eigenvalue weighted by atomic mass is 16.5. The molecule has 2 aliphatic rings. The lowest BCUT2D eigenvalue weighted by Crippen LogP contribution is -2.44. The second-order valence-corrected chi connectivity index (χ2v) is 7.32. The van der Waals surface area contributed by atoms with Crippen molar-refractivity contribution in [1.82, 2.24) is 24.5 Å². The van der Waals surface area contributed by atoms with Crippen LogP contribution in [0.15, 0.2) is 21.6 Å². The van der Waals surface area contributed by atoms with E-state index in [1.165, 1.54) is 12.8 Å². The average molecular weight is 375 g/mol. The van der Waals surface area contributed by atoms with E-state index < -0.39 is 5.76 Å². The van der Waals surface area contributed by atoms with Crippen LogP contribution < -0.4 is 5.76 Å². The number of aromatic amines is 1. The molecule has 3 heterocycles. The van der Waals surface area contributed by atoms with E-state index in [2.05, 4.69) is 19.6 Å². The third-order valence-corrected chi connectivity index (χ3v) is 5.19. The largest absolute Gasteiger partial charge is 0.439 e. The van der Waals surface area contributed by atoms with Gasteiger partial charge in [0.25, 0.3) is 5.91 Å². The van der Waals surface area contributed by atoms with E-state index in [1.54, 1.807) is 16.8 Å². The topological polar surface area (TPSA) is 96.6 Å². The van der Waals surface area contributed by atoms with Gasteiger partial charge in [0.1, 0.15) is 5.69 Å². The highest BCUT2D eigenvalue weighted by Gasteiger charge is 2.29. The van der Waals surface area contributed by atoms with Crippen LogP contribution >= 0.6 is 0 Å². The number of rotatable bonds is 7. The van der Waals surface area contributed by atoms with Crippen LogP contribution in [-0.2, 0) is 11.8 Å². The predicted molar refractivity (Wildman–Crippen MR) is 97.4 cm³/mol. The average Bonchev–Trinajstić information content (AvgIpc) is 3.26. The number of hydrogen-bond donors (Lipinski definition) is 1. The lowest BCUT2D eigenvalue weighted by atomic mass is 10.2. The van der Waals surface area contributed by atoms with Crippen LogP contribution in [0.1, 0.15) is 23.3 Å². The number of morpholine rings is 1. The summed E-state index contributed by atoms with van der Waals surface area (Å²) in [5.41, 5.74) is 1.24. The fourth-order valence-corrected chi connectivity index (χ4v) is 3.40. The molecule has 1 aliphatic carbocycles. The van der Waals surface area contributed by atoms with Gasteiger partial charge in [-0.1, -0.05) is 5.16 Å². The van der Waals surface area contributed by atoms with E-state index in [0.29, 0.717) is 29.5 Å². The predicted octanol–water partition coefficient (Wildman–Crippen LogP) is 0.553. The number of nitrogens with zero attached hydrogens (tertiary/aromatic N) is 4. The summed E-state index contributed by atoms with van der Waals surface area (Å²) in [6.45, 7) is 5.71. The molecular weight excluding hydrogens is 350 g/mol. The summed E-state index contributed by atoms with van der Waals surface area (Å²) in [7, 11) is 1.83. The summed E-state index contributed by atoms with van der Waals surface area (Å²) in [6, 6.07) is 1.75. The minimum atomic E-state index is -0.609. The normalized spacial score (nSPS) is 18.0. The summed E-state index contributed by atoms with van der Waals surface area (Å²) in [5, 5.41) is 3.70. The van der Waals surface area contributed by atoms with E-state index in [9.17, 15) is 9.59 Å². The van der Waals surface area contributed by atoms with Gasteiger partial charge < -0.3 is 14.2 Å². The molecule has 0 aromatic carbocycles. The third kappa shape index (κ3) is 4.30. The Morgan fingerprint density at radius 3 is 2.81 bits per heavy atom. The summed E-state index contributed by atoms with van der Waals surface area (Å²) in [4.78, 5) is 31.2. The van der Waals surface area contributed by atoms with Gasteiger partial charge in [-0.2, -0.15) is 0 Å². The Labute approximate surface area is 156 Å². The number of amides is 1. The molecule has 1 saturated heterocycles. The van der Waals surface area contributed by atoms with Gasteiger partial charge in [0.15, 0.2) is 5.82 Å². The highest BCUT2D eigenvalue weighted by molar-refractivity contribution is 5.94. The number of nitrogens with one attached hydrogen (secondary N) is 1. The molecule has 0 bridgehead atoms. The third-order valence-electron chi connectivity index (χ3n) is 5.19. The van der Waals surface area contributed by atoms with Crippen LogP contribution in [0.4, 0.5) is 0 Å². The molecule has 1 N–H and O–H groups in total. The SMILES string of the molecule is Cn1cc(-c2noc(=O)[nH]2)cc1C(=O)N(CCN1CCOCC1)CC1CC1. The van der Waals surface area contributed by atoms with Crippen LogP contribution in [0, 0.1) is 5.92 Å². The van der Waals surface area contributed by atoms with Gasteiger partial charge in [0.05, 0.1) is 13.2 Å². The van der Waals surface area contributed by atoms with E-state index >= 15 is 0 Å². The van der Waals surface area contributed by atoms with Crippen molar-refractivity contribution in [2.24, 2.45) is 13.0 Å². The first-order valence-electron chi connectivity index (χ1n) is 9.42. The van der Waals surface area contributed by atoms with E-state index in [-0.39, 0.29) is 5.91 Å². The fraction of sp³-hybridized carbons (Fsp3) is 0.611. The van der Waals surface area contributed by atoms with Crippen LogP contribution in [0.25, 0.3) is 11.4 Å². The van der Waals surface area contributed by atoms with E-state index in [4.69, 9.17) is 4.74 Å². The van der Waals surface area contributed by atoms with Crippen LogP contribution in [0.3, 0.4) is 0 Å². The highest BCUT2D eigenvalue weighted by Crippen LogP contribution is 2.30. The van der Waals surface area contributed by atoms with Crippen molar-refractivity contribution in [1.29, 1.82) is 0 Å². The Bertz CT molecular complexity index is 844. The molecule has 2 aromatic rings. The molecule has 146 valence electrons. The molecule has 1 aliphatic heterocycles. The maximum absolute atomic E-state index is 13.2. The smallest absolute Gasteiger partial charge is 0.379 e. The molecule has 0 spiro atoms. The minimum Gasteiger partial charge on any atom is -0.379 e. The number of ether oxygens (including phenoxy) is 1. The van der Waals surface area contributed by atoms with E-state index in [1.807, 2.05) is 11.9 Å². The molecule has 0 radical (unpaired) electrons. The molecule has 0 unspecified atom stereocenters. The van der Waals surface area contributed by atoms with Gasteiger partial charge in [-0.25, -0.2) is 4.79 Å².